The van der Waals surface area contributed by atoms with Crippen molar-refractivity contribution in [1.82, 2.24) is 9.78 Å². The van der Waals surface area contributed by atoms with Crippen molar-refractivity contribution in [3.05, 3.63) is 71.4 Å². The number of benzene rings is 2. The Balaban J connectivity index is 1.51. The first-order chi connectivity index (χ1) is 13.7. The average Bonchev–Trinajstić information content (AvgIpc) is 3.25. The maximum Gasteiger partial charge on any atom is 0.412 e. The molecule has 0 radical (unpaired) electrons. The van der Waals surface area contributed by atoms with E-state index in [1.807, 2.05) is 42.5 Å². The molecule has 1 heterocycles. The normalized spacial score (nSPS) is 12.1. The minimum absolute atomic E-state index is 0.0454. The molecule has 1 amide bonds. The lowest BCUT2D eigenvalue weighted by molar-refractivity contribution is 0.158. The molecule has 0 saturated heterocycles. The molecule has 0 fully saturated rings. The number of ether oxygens (including phenoxy) is 1. The summed E-state index contributed by atoms with van der Waals surface area (Å²) in [7, 11) is 0. The van der Waals surface area contributed by atoms with E-state index in [0.29, 0.717) is 0 Å². The second kappa shape index (κ2) is 7.55. The van der Waals surface area contributed by atoms with Crippen LogP contribution in [-0.4, -0.2) is 34.2 Å². The molecule has 2 aromatic carbocycles. The fourth-order valence-corrected chi connectivity index (χ4v) is 3.59. The Kier molecular flexibility index (Phi) is 4.79. The van der Waals surface area contributed by atoms with Gasteiger partial charge in [-0.05, 0) is 22.3 Å². The van der Waals surface area contributed by atoms with Crippen molar-refractivity contribution in [2.75, 3.05) is 18.5 Å². The van der Waals surface area contributed by atoms with Crippen LogP contribution >= 0.6 is 0 Å². The van der Waals surface area contributed by atoms with E-state index in [0.717, 1.165) is 22.3 Å². The summed E-state index contributed by atoms with van der Waals surface area (Å²) in [4.78, 5) is 12.4. The molecule has 140 valence electrons. The number of anilines is 1. The predicted molar refractivity (Wildman–Crippen MR) is 103 cm³/mol. The van der Waals surface area contributed by atoms with Gasteiger partial charge in [0, 0.05) is 5.92 Å². The number of carbonyl (C=O) groups is 1. The molecule has 2 N–H and O–H groups in total. The van der Waals surface area contributed by atoms with Gasteiger partial charge >= 0.3 is 6.09 Å². The molecule has 0 atom stereocenters. The van der Waals surface area contributed by atoms with Crippen LogP contribution in [0.5, 0.6) is 0 Å². The Morgan fingerprint density at radius 1 is 1.18 bits per heavy atom. The van der Waals surface area contributed by atoms with Gasteiger partial charge in [0.2, 0.25) is 0 Å². The summed E-state index contributed by atoms with van der Waals surface area (Å²) in [6, 6.07) is 18.2. The van der Waals surface area contributed by atoms with Crippen LogP contribution in [0, 0.1) is 11.3 Å². The lowest BCUT2D eigenvalue weighted by Crippen LogP contribution is -2.21. The van der Waals surface area contributed by atoms with Crippen LogP contribution in [0.25, 0.3) is 11.1 Å². The zero-order chi connectivity index (χ0) is 19.5. The molecule has 28 heavy (non-hydrogen) atoms. The third-order valence-corrected chi connectivity index (χ3v) is 4.84. The van der Waals surface area contributed by atoms with Crippen molar-refractivity contribution in [2.24, 2.45) is 0 Å². The molecular weight excluding hydrogens is 356 g/mol. The molecule has 1 aromatic heterocycles. The van der Waals surface area contributed by atoms with Crippen molar-refractivity contribution >= 4 is 11.9 Å². The molecule has 0 aliphatic heterocycles. The van der Waals surface area contributed by atoms with Gasteiger partial charge in [0.25, 0.3) is 0 Å². The third-order valence-electron chi connectivity index (χ3n) is 4.84. The molecule has 0 unspecified atom stereocenters. The number of aromatic nitrogens is 2. The van der Waals surface area contributed by atoms with Crippen molar-refractivity contribution < 1.29 is 14.6 Å². The van der Waals surface area contributed by atoms with Crippen LogP contribution in [-0.2, 0) is 11.3 Å². The Hall–Kier alpha value is -3.63. The summed E-state index contributed by atoms with van der Waals surface area (Å²) in [6.45, 7) is 0.183. The van der Waals surface area contributed by atoms with Crippen LogP contribution in [0.15, 0.2) is 54.7 Å². The number of fused-ring (bicyclic) bond motifs is 3. The highest BCUT2D eigenvalue weighted by atomic mass is 16.5. The minimum Gasteiger partial charge on any atom is -0.448 e. The number of rotatable bonds is 5. The topological polar surface area (TPSA) is 100 Å². The van der Waals surface area contributed by atoms with E-state index in [4.69, 9.17) is 9.84 Å². The summed E-state index contributed by atoms with van der Waals surface area (Å²) in [6.07, 6.45) is 0.674. The minimum atomic E-state index is -0.668. The van der Waals surface area contributed by atoms with Crippen LogP contribution in [0.2, 0.25) is 0 Å². The number of nitriles is 1. The van der Waals surface area contributed by atoms with Gasteiger partial charge in [0.05, 0.1) is 19.3 Å². The molecule has 0 saturated carbocycles. The quantitative estimate of drug-likeness (QED) is 0.715. The van der Waals surface area contributed by atoms with Gasteiger partial charge in [0.1, 0.15) is 18.2 Å². The van der Waals surface area contributed by atoms with Crippen molar-refractivity contribution in [3.63, 3.8) is 0 Å². The van der Waals surface area contributed by atoms with Crippen LogP contribution in [0.1, 0.15) is 22.6 Å². The highest BCUT2D eigenvalue weighted by molar-refractivity contribution is 5.85. The monoisotopic (exact) mass is 374 g/mol. The molecule has 7 nitrogen and oxygen atoms in total. The lowest BCUT2D eigenvalue weighted by Gasteiger charge is -2.15. The molecule has 3 aromatic rings. The highest BCUT2D eigenvalue weighted by Crippen LogP contribution is 2.44. The smallest absolute Gasteiger partial charge is 0.412 e. The van der Waals surface area contributed by atoms with E-state index >= 15 is 0 Å². The number of carbonyl (C=O) groups excluding carboxylic acids is 1. The SMILES string of the molecule is N#Cc1cnn(CCO)c1NC(=O)OCC1c2ccccc2-c2ccccc21. The molecule has 0 bridgehead atoms. The standard InChI is InChI=1S/C21H18N4O3/c22-11-14-12-23-25(9-10-26)20(14)24-21(27)28-13-19-17-7-3-1-5-15(17)16-6-2-4-8-18(16)19/h1-8,12,19,26H,9-10,13H2,(H,24,27). The maximum absolute atomic E-state index is 12.4. The summed E-state index contributed by atoms with van der Waals surface area (Å²) in [5, 5.41) is 24.8. The molecule has 4 rings (SSSR count). The van der Waals surface area contributed by atoms with Crippen molar-refractivity contribution in [2.45, 2.75) is 12.5 Å². The summed E-state index contributed by atoms with van der Waals surface area (Å²) in [5.74, 6) is 0.171. The highest BCUT2D eigenvalue weighted by Gasteiger charge is 2.29. The number of hydrogen-bond acceptors (Lipinski definition) is 5. The zero-order valence-corrected chi connectivity index (χ0v) is 15.0. The number of aliphatic hydroxyl groups excluding tert-OH is 1. The third kappa shape index (κ3) is 3.10. The molecule has 1 aliphatic rings. The van der Waals surface area contributed by atoms with Crippen LogP contribution in [0.3, 0.4) is 0 Å². The van der Waals surface area contributed by atoms with Gasteiger partial charge in [-0.3, -0.25) is 5.32 Å². The van der Waals surface area contributed by atoms with E-state index in [1.165, 1.54) is 10.9 Å². The second-order valence-corrected chi connectivity index (χ2v) is 6.42. The fourth-order valence-electron chi connectivity index (χ4n) is 3.59. The lowest BCUT2D eigenvalue weighted by atomic mass is 9.98. The number of amides is 1. The summed E-state index contributed by atoms with van der Waals surface area (Å²) >= 11 is 0. The molecule has 1 aliphatic carbocycles. The van der Waals surface area contributed by atoms with E-state index in [9.17, 15) is 10.1 Å². The number of nitrogens with zero attached hydrogens (tertiary/aromatic N) is 3. The molecular formula is C21H18N4O3. The Morgan fingerprint density at radius 2 is 1.82 bits per heavy atom. The molecule has 7 heteroatoms. The Bertz CT molecular complexity index is 1020. The predicted octanol–water partition coefficient (Wildman–Crippen LogP) is 3.11. The van der Waals surface area contributed by atoms with Gasteiger partial charge in [0.15, 0.2) is 5.82 Å². The van der Waals surface area contributed by atoms with Gasteiger partial charge in [-0.1, -0.05) is 48.5 Å². The summed E-state index contributed by atoms with van der Waals surface area (Å²) in [5.41, 5.74) is 4.76. The first kappa shape index (κ1) is 17.8. The Labute approximate surface area is 161 Å². The maximum atomic E-state index is 12.4. The van der Waals surface area contributed by atoms with Crippen LogP contribution in [0.4, 0.5) is 10.6 Å². The number of nitrogens with one attached hydrogen (secondary N) is 1. The van der Waals surface area contributed by atoms with E-state index in [2.05, 4.69) is 22.5 Å². The molecule has 0 spiro atoms. The largest absolute Gasteiger partial charge is 0.448 e. The number of hydrogen-bond donors (Lipinski definition) is 2. The second-order valence-electron chi connectivity index (χ2n) is 6.42. The van der Waals surface area contributed by atoms with Gasteiger partial charge in [-0.15, -0.1) is 0 Å². The first-order valence-corrected chi connectivity index (χ1v) is 8.91. The van der Waals surface area contributed by atoms with Crippen molar-refractivity contribution in [3.8, 4) is 17.2 Å². The number of aliphatic hydroxyl groups is 1. The first-order valence-electron chi connectivity index (χ1n) is 8.91. The average molecular weight is 374 g/mol. The van der Waals surface area contributed by atoms with Crippen LogP contribution < -0.4 is 5.32 Å². The van der Waals surface area contributed by atoms with Gasteiger partial charge in [-0.25, -0.2) is 9.48 Å². The fraction of sp³-hybridized carbons (Fsp3) is 0.190. The van der Waals surface area contributed by atoms with Crippen molar-refractivity contribution in [1.29, 1.82) is 5.26 Å². The van der Waals surface area contributed by atoms with E-state index in [-0.39, 0.29) is 37.1 Å². The van der Waals surface area contributed by atoms with Gasteiger partial charge < -0.3 is 9.84 Å². The van der Waals surface area contributed by atoms with E-state index in [1.54, 1.807) is 0 Å². The van der Waals surface area contributed by atoms with Gasteiger partial charge in [-0.2, -0.15) is 10.4 Å². The summed E-state index contributed by atoms with van der Waals surface area (Å²) < 4.78 is 6.84. The zero-order valence-electron chi connectivity index (χ0n) is 15.0. The Morgan fingerprint density at radius 3 is 2.43 bits per heavy atom. The van der Waals surface area contributed by atoms with E-state index < -0.39 is 6.09 Å².